The van der Waals surface area contributed by atoms with Gasteiger partial charge in [0.25, 0.3) is 5.91 Å². The SMILES string of the molecule is CCC(Oc1ccccc1C)C(=O)NCCCN. The van der Waals surface area contributed by atoms with Crippen molar-refractivity contribution < 1.29 is 9.53 Å². The lowest BCUT2D eigenvalue weighted by Gasteiger charge is -2.18. The first kappa shape index (κ1) is 14.5. The number of nitrogens with one attached hydrogen (secondary N) is 1. The Hall–Kier alpha value is -1.55. The maximum atomic E-state index is 11.9. The summed E-state index contributed by atoms with van der Waals surface area (Å²) < 4.78 is 5.74. The largest absolute Gasteiger partial charge is 0.480 e. The summed E-state index contributed by atoms with van der Waals surface area (Å²) in [6, 6.07) is 7.70. The molecule has 1 aromatic rings. The van der Waals surface area contributed by atoms with Gasteiger partial charge in [0.15, 0.2) is 6.10 Å². The fourth-order valence-corrected chi connectivity index (χ4v) is 1.59. The zero-order valence-corrected chi connectivity index (χ0v) is 11.1. The van der Waals surface area contributed by atoms with Crippen LogP contribution < -0.4 is 15.8 Å². The van der Waals surface area contributed by atoms with Gasteiger partial charge in [-0.15, -0.1) is 0 Å². The molecule has 100 valence electrons. The van der Waals surface area contributed by atoms with Gasteiger partial charge in [-0.25, -0.2) is 0 Å². The Balaban J connectivity index is 2.56. The fourth-order valence-electron chi connectivity index (χ4n) is 1.59. The van der Waals surface area contributed by atoms with Crippen LogP contribution >= 0.6 is 0 Å². The second kappa shape index (κ2) is 7.71. The molecule has 0 heterocycles. The van der Waals surface area contributed by atoms with Crippen LogP contribution in [-0.2, 0) is 4.79 Å². The summed E-state index contributed by atoms with van der Waals surface area (Å²) >= 11 is 0. The van der Waals surface area contributed by atoms with E-state index in [9.17, 15) is 4.79 Å². The molecule has 0 radical (unpaired) electrons. The molecule has 0 spiro atoms. The van der Waals surface area contributed by atoms with Gasteiger partial charge in [0.2, 0.25) is 0 Å². The molecule has 18 heavy (non-hydrogen) atoms. The highest BCUT2D eigenvalue weighted by molar-refractivity contribution is 5.81. The third-order valence-corrected chi connectivity index (χ3v) is 2.71. The summed E-state index contributed by atoms with van der Waals surface area (Å²) in [4.78, 5) is 11.9. The van der Waals surface area contributed by atoms with Crippen molar-refractivity contribution in [2.45, 2.75) is 32.8 Å². The van der Waals surface area contributed by atoms with Crippen molar-refractivity contribution in [3.05, 3.63) is 29.8 Å². The third-order valence-electron chi connectivity index (χ3n) is 2.71. The standard InChI is InChI=1S/C14H22N2O2/c1-3-12(14(17)16-10-6-9-15)18-13-8-5-4-7-11(13)2/h4-5,7-8,12H,3,6,9-10,15H2,1-2H3,(H,16,17). The smallest absolute Gasteiger partial charge is 0.261 e. The van der Waals surface area contributed by atoms with Gasteiger partial charge in [-0.2, -0.15) is 0 Å². The van der Waals surface area contributed by atoms with Crippen LogP contribution in [0.2, 0.25) is 0 Å². The Morgan fingerprint density at radius 1 is 1.44 bits per heavy atom. The van der Waals surface area contributed by atoms with E-state index >= 15 is 0 Å². The van der Waals surface area contributed by atoms with E-state index < -0.39 is 6.10 Å². The van der Waals surface area contributed by atoms with Crippen molar-refractivity contribution in [1.29, 1.82) is 0 Å². The molecule has 1 amide bonds. The quantitative estimate of drug-likeness (QED) is 0.723. The summed E-state index contributed by atoms with van der Waals surface area (Å²) in [7, 11) is 0. The van der Waals surface area contributed by atoms with E-state index in [0.29, 0.717) is 19.5 Å². The molecule has 3 N–H and O–H groups in total. The Morgan fingerprint density at radius 2 is 2.17 bits per heavy atom. The Kier molecular flexibility index (Phi) is 6.22. The summed E-state index contributed by atoms with van der Waals surface area (Å²) in [5, 5.41) is 2.83. The van der Waals surface area contributed by atoms with Crippen LogP contribution in [0.1, 0.15) is 25.3 Å². The van der Waals surface area contributed by atoms with Crippen LogP contribution in [0.25, 0.3) is 0 Å². The predicted octanol–water partition coefficient (Wildman–Crippen LogP) is 1.62. The van der Waals surface area contributed by atoms with Crippen molar-refractivity contribution in [2.24, 2.45) is 5.73 Å². The van der Waals surface area contributed by atoms with Gasteiger partial charge in [0.05, 0.1) is 0 Å². The maximum absolute atomic E-state index is 11.9. The monoisotopic (exact) mass is 250 g/mol. The lowest BCUT2D eigenvalue weighted by molar-refractivity contribution is -0.128. The molecule has 0 aliphatic heterocycles. The van der Waals surface area contributed by atoms with Crippen LogP contribution in [0.3, 0.4) is 0 Å². The minimum absolute atomic E-state index is 0.0748. The van der Waals surface area contributed by atoms with Gasteiger partial charge in [0.1, 0.15) is 5.75 Å². The predicted molar refractivity (Wildman–Crippen MR) is 72.6 cm³/mol. The summed E-state index contributed by atoms with van der Waals surface area (Å²) in [5.41, 5.74) is 6.42. The average Bonchev–Trinajstić information content (AvgIpc) is 2.38. The van der Waals surface area contributed by atoms with E-state index in [4.69, 9.17) is 10.5 Å². The van der Waals surface area contributed by atoms with E-state index in [1.807, 2.05) is 38.1 Å². The first-order valence-electron chi connectivity index (χ1n) is 6.39. The van der Waals surface area contributed by atoms with Crippen molar-refractivity contribution in [2.75, 3.05) is 13.1 Å². The molecule has 0 fully saturated rings. The van der Waals surface area contributed by atoms with Gasteiger partial charge in [0, 0.05) is 6.54 Å². The summed E-state index contributed by atoms with van der Waals surface area (Å²) in [5.74, 6) is 0.688. The number of rotatable bonds is 7. The molecule has 4 nitrogen and oxygen atoms in total. The van der Waals surface area contributed by atoms with Gasteiger partial charge < -0.3 is 15.8 Å². The lowest BCUT2D eigenvalue weighted by Crippen LogP contribution is -2.39. The molecular weight excluding hydrogens is 228 g/mol. The number of para-hydroxylation sites is 1. The number of carbonyl (C=O) groups is 1. The van der Waals surface area contributed by atoms with Crippen molar-refractivity contribution >= 4 is 5.91 Å². The number of hydrogen-bond donors (Lipinski definition) is 2. The van der Waals surface area contributed by atoms with Gasteiger partial charge in [-0.3, -0.25) is 4.79 Å². The minimum Gasteiger partial charge on any atom is -0.480 e. The number of hydrogen-bond acceptors (Lipinski definition) is 3. The molecule has 0 saturated heterocycles. The van der Waals surface area contributed by atoms with E-state index in [2.05, 4.69) is 5.32 Å². The molecular formula is C14H22N2O2. The van der Waals surface area contributed by atoms with Crippen molar-refractivity contribution in [3.63, 3.8) is 0 Å². The topological polar surface area (TPSA) is 64.3 Å². The first-order valence-corrected chi connectivity index (χ1v) is 6.39. The third kappa shape index (κ3) is 4.37. The minimum atomic E-state index is -0.441. The molecule has 0 bridgehead atoms. The van der Waals surface area contributed by atoms with E-state index in [1.165, 1.54) is 0 Å². The first-order chi connectivity index (χ1) is 8.69. The zero-order chi connectivity index (χ0) is 13.4. The molecule has 0 aliphatic carbocycles. The number of benzene rings is 1. The Morgan fingerprint density at radius 3 is 2.78 bits per heavy atom. The van der Waals surface area contributed by atoms with Gasteiger partial charge in [-0.05, 0) is 37.9 Å². The fraction of sp³-hybridized carbons (Fsp3) is 0.500. The highest BCUT2D eigenvalue weighted by Crippen LogP contribution is 2.18. The van der Waals surface area contributed by atoms with Crippen LogP contribution in [0, 0.1) is 6.92 Å². The van der Waals surface area contributed by atoms with Crippen LogP contribution in [0.4, 0.5) is 0 Å². The second-order valence-corrected chi connectivity index (χ2v) is 4.21. The highest BCUT2D eigenvalue weighted by atomic mass is 16.5. The molecule has 0 aromatic heterocycles. The number of aryl methyl sites for hydroxylation is 1. The lowest BCUT2D eigenvalue weighted by atomic mass is 10.2. The molecule has 0 saturated carbocycles. The van der Waals surface area contributed by atoms with Crippen molar-refractivity contribution in [1.82, 2.24) is 5.32 Å². The molecule has 1 aromatic carbocycles. The molecule has 1 rings (SSSR count). The number of nitrogens with two attached hydrogens (primary N) is 1. The number of amides is 1. The second-order valence-electron chi connectivity index (χ2n) is 4.21. The summed E-state index contributed by atoms with van der Waals surface area (Å²) in [6.07, 6.45) is 0.985. The molecule has 4 heteroatoms. The van der Waals surface area contributed by atoms with Crippen LogP contribution in [0.15, 0.2) is 24.3 Å². The number of ether oxygens (including phenoxy) is 1. The zero-order valence-electron chi connectivity index (χ0n) is 11.1. The molecule has 0 aliphatic rings. The van der Waals surface area contributed by atoms with Crippen molar-refractivity contribution in [3.8, 4) is 5.75 Å². The van der Waals surface area contributed by atoms with Crippen LogP contribution in [0.5, 0.6) is 5.75 Å². The summed E-state index contributed by atoms with van der Waals surface area (Å²) in [6.45, 7) is 5.08. The van der Waals surface area contributed by atoms with E-state index in [-0.39, 0.29) is 5.91 Å². The normalized spacial score (nSPS) is 11.9. The molecule has 1 atom stereocenters. The number of carbonyl (C=O) groups excluding carboxylic acids is 1. The van der Waals surface area contributed by atoms with Crippen LogP contribution in [-0.4, -0.2) is 25.1 Å². The van der Waals surface area contributed by atoms with E-state index in [0.717, 1.165) is 17.7 Å². The van der Waals surface area contributed by atoms with Gasteiger partial charge >= 0.3 is 0 Å². The molecule has 1 unspecified atom stereocenters. The van der Waals surface area contributed by atoms with E-state index in [1.54, 1.807) is 0 Å². The van der Waals surface area contributed by atoms with Gasteiger partial charge in [-0.1, -0.05) is 25.1 Å². The average molecular weight is 250 g/mol. The Bertz CT molecular complexity index is 380. The highest BCUT2D eigenvalue weighted by Gasteiger charge is 2.18. The Labute approximate surface area is 109 Å². The maximum Gasteiger partial charge on any atom is 0.261 e.